The van der Waals surface area contributed by atoms with Gasteiger partial charge in [-0.1, -0.05) is 24.3 Å². The second kappa shape index (κ2) is 8.77. The Morgan fingerprint density at radius 1 is 1.21 bits per heavy atom. The Morgan fingerprint density at radius 2 is 1.97 bits per heavy atom. The van der Waals surface area contributed by atoms with E-state index < -0.39 is 24.6 Å². The molecule has 2 aromatic rings. The van der Waals surface area contributed by atoms with E-state index in [1.54, 1.807) is 44.2 Å². The van der Waals surface area contributed by atoms with Gasteiger partial charge in [-0.15, -0.1) is 0 Å². The lowest BCUT2D eigenvalue weighted by atomic mass is 10.1. The van der Waals surface area contributed by atoms with Gasteiger partial charge >= 0.3 is 5.97 Å². The van der Waals surface area contributed by atoms with Crippen LogP contribution in [0.25, 0.3) is 0 Å². The van der Waals surface area contributed by atoms with Crippen LogP contribution in [-0.2, 0) is 19.1 Å². The molecule has 0 unspecified atom stereocenters. The van der Waals surface area contributed by atoms with Crippen molar-refractivity contribution in [2.75, 3.05) is 16.8 Å². The first kappa shape index (κ1) is 20.4. The number of hydrogen-bond donors (Lipinski definition) is 1. The Balaban J connectivity index is 1.65. The Hall–Kier alpha value is -3.35. The van der Waals surface area contributed by atoms with Crippen LogP contribution in [-0.4, -0.2) is 36.5 Å². The first-order valence-electron chi connectivity index (χ1n) is 9.46. The predicted molar refractivity (Wildman–Crippen MR) is 109 cm³/mol. The maximum absolute atomic E-state index is 12.8. The van der Waals surface area contributed by atoms with Crippen LogP contribution < -0.4 is 15.0 Å². The van der Waals surface area contributed by atoms with Gasteiger partial charge in [0.15, 0.2) is 12.7 Å². The first-order chi connectivity index (χ1) is 13.8. The number of carbonyl (C=O) groups is 3. The molecule has 2 aromatic carbocycles. The number of para-hydroxylation sites is 2. The molecule has 2 amide bonds. The van der Waals surface area contributed by atoms with Crippen molar-refractivity contribution in [3.63, 3.8) is 0 Å². The number of amides is 2. The number of rotatable bonds is 5. The molecule has 7 nitrogen and oxygen atoms in total. The number of anilines is 2. The largest absolute Gasteiger partial charge is 0.479 e. The zero-order valence-electron chi connectivity index (χ0n) is 16.7. The monoisotopic (exact) mass is 396 g/mol. The quantitative estimate of drug-likeness (QED) is 0.785. The zero-order valence-corrected chi connectivity index (χ0v) is 16.7. The molecule has 3 rings (SSSR count). The summed E-state index contributed by atoms with van der Waals surface area (Å²) in [4.78, 5) is 38.6. The van der Waals surface area contributed by atoms with Crippen LogP contribution in [0.3, 0.4) is 0 Å². The maximum atomic E-state index is 12.8. The summed E-state index contributed by atoms with van der Waals surface area (Å²) in [6.07, 6.45) is -0.706. The number of nitrogens with zero attached hydrogens (tertiary/aromatic N) is 1. The minimum absolute atomic E-state index is 0.154. The van der Waals surface area contributed by atoms with Gasteiger partial charge in [0, 0.05) is 12.5 Å². The van der Waals surface area contributed by atoms with Gasteiger partial charge in [0.1, 0.15) is 5.75 Å². The van der Waals surface area contributed by atoms with Crippen LogP contribution in [0.2, 0.25) is 0 Å². The van der Waals surface area contributed by atoms with Crippen LogP contribution in [0, 0.1) is 6.92 Å². The highest BCUT2D eigenvalue weighted by Gasteiger charge is 2.30. The van der Waals surface area contributed by atoms with E-state index in [1.165, 1.54) is 4.90 Å². The molecule has 0 aliphatic carbocycles. The minimum Gasteiger partial charge on any atom is -0.479 e. The molecule has 152 valence electrons. The van der Waals surface area contributed by atoms with E-state index >= 15 is 0 Å². The Bertz CT molecular complexity index is 927. The summed E-state index contributed by atoms with van der Waals surface area (Å²) in [5.41, 5.74) is 2.14. The van der Waals surface area contributed by atoms with Gasteiger partial charge in [-0.25, -0.2) is 4.79 Å². The number of carbonyl (C=O) groups excluding carboxylic acids is 3. The van der Waals surface area contributed by atoms with Gasteiger partial charge in [-0.2, -0.15) is 0 Å². The molecule has 0 aromatic heterocycles. The van der Waals surface area contributed by atoms with E-state index in [-0.39, 0.29) is 18.4 Å². The van der Waals surface area contributed by atoms with Crippen molar-refractivity contribution >= 4 is 29.2 Å². The van der Waals surface area contributed by atoms with E-state index in [9.17, 15) is 14.4 Å². The van der Waals surface area contributed by atoms with Gasteiger partial charge in [-0.3, -0.25) is 9.59 Å². The molecule has 2 atom stereocenters. The van der Waals surface area contributed by atoms with Gasteiger partial charge in [-0.05, 0) is 50.6 Å². The van der Waals surface area contributed by atoms with E-state index in [2.05, 4.69) is 5.32 Å². The van der Waals surface area contributed by atoms with E-state index in [1.807, 2.05) is 25.1 Å². The molecule has 29 heavy (non-hydrogen) atoms. The lowest BCUT2D eigenvalue weighted by Gasteiger charge is -2.27. The van der Waals surface area contributed by atoms with Gasteiger partial charge < -0.3 is 19.7 Å². The SMILES string of the molecule is Cc1cccc(O[C@H](C)C(=O)OCC(=O)N2c3ccccc3NC(=O)C[C@@H]2C)c1. The van der Waals surface area contributed by atoms with Crippen molar-refractivity contribution in [3.8, 4) is 5.75 Å². The average Bonchev–Trinajstić information content (AvgIpc) is 2.80. The van der Waals surface area contributed by atoms with Gasteiger partial charge in [0.2, 0.25) is 5.91 Å². The highest BCUT2D eigenvalue weighted by molar-refractivity contribution is 6.05. The lowest BCUT2D eigenvalue weighted by molar-refractivity contribution is -0.154. The van der Waals surface area contributed by atoms with Crippen molar-refractivity contribution in [3.05, 3.63) is 54.1 Å². The van der Waals surface area contributed by atoms with Crippen LogP contribution in [0.15, 0.2) is 48.5 Å². The summed E-state index contributed by atoms with van der Waals surface area (Å²) in [6, 6.07) is 14.0. The van der Waals surface area contributed by atoms with Crippen LogP contribution in [0.4, 0.5) is 11.4 Å². The summed E-state index contributed by atoms with van der Waals surface area (Å²) in [7, 11) is 0. The molecule has 0 bridgehead atoms. The summed E-state index contributed by atoms with van der Waals surface area (Å²) < 4.78 is 10.8. The Labute approximate surface area is 169 Å². The second-order valence-electron chi connectivity index (χ2n) is 7.07. The first-order valence-corrected chi connectivity index (χ1v) is 9.46. The molecular weight excluding hydrogens is 372 g/mol. The summed E-state index contributed by atoms with van der Waals surface area (Å²) in [5, 5.41) is 2.79. The zero-order chi connectivity index (χ0) is 21.0. The van der Waals surface area contributed by atoms with Crippen molar-refractivity contribution in [2.45, 2.75) is 39.3 Å². The number of ether oxygens (including phenoxy) is 2. The molecule has 1 aliphatic rings. The van der Waals surface area contributed by atoms with Gasteiger partial charge in [0.05, 0.1) is 11.4 Å². The summed E-state index contributed by atoms with van der Waals surface area (Å²) in [5.74, 6) is -0.653. The molecule has 0 spiro atoms. The molecule has 1 N–H and O–H groups in total. The normalized spacial score (nSPS) is 16.9. The predicted octanol–water partition coefficient (Wildman–Crippen LogP) is 3.07. The highest BCUT2D eigenvalue weighted by Crippen LogP contribution is 2.31. The molecule has 0 radical (unpaired) electrons. The third-order valence-corrected chi connectivity index (χ3v) is 4.60. The maximum Gasteiger partial charge on any atom is 0.347 e. The molecule has 7 heteroatoms. The lowest BCUT2D eigenvalue weighted by Crippen LogP contribution is -2.42. The van der Waals surface area contributed by atoms with Crippen molar-refractivity contribution in [1.82, 2.24) is 0 Å². The average molecular weight is 396 g/mol. The third-order valence-electron chi connectivity index (χ3n) is 4.60. The van der Waals surface area contributed by atoms with E-state index in [4.69, 9.17) is 9.47 Å². The minimum atomic E-state index is -0.860. The topological polar surface area (TPSA) is 84.9 Å². The van der Waals surface area contributed by atoms with E-state index in [0.717, 1.165) is 5.56 Å². The standard InChI is InChI=1S/C22H24N2O5/c1-14-7-6-8-17(11-14)29-16(3)22(27)28-13-21(26)24-15(2)12-20(25)23-18-9-4-5-10-19(18)24/h4-11,15-16H,12-13H2,1-3H3,(H,23,25)/t15-,16+/m0/s1. The second-order valence-corrected chi connectivity index (χ2v) is 7.07. The molecule has 0 fully saturated rings. The third kappa shape index (κ3) is 4.93. The number of aryl methyl sites for hydroxylation is 1. The van der Waals surface area contributed by atoms with Crippen LogP contribution in [0.1, 0.15) is 25.8 Å². The fourth-order valence-electron chi connectivity index (χ4n) is 3.23. The molecule has 0 saturated heterocycles. The summed E-state index contributed by atoms with van der Waals surface area (Å²) in [6.45, 7) is 4.84. The molecule has 1 heterocycles. The van der Waals surface area contributed by atoms with Crippen molar-refractivity contribution in [1.29, 1.82) is 0 Å². The fraction of sp³-hybridized carbons (Fsp3) is 0.318. The van der Waals surface area contributed by atoms with Gasteiger partial charge in [0.25, 0.3) is 5.91 Å². The number of nitrogens with one attached hydrogen (secondary N) is 1. The Morgan fingerprint density at radius 3 is 2.72 bits per heavy atom. The van der Waals surface area contributed by atoms with Crippen molar-refractivity contribution < 1.29 is 23.9 Å². The number of fused-ring (bicyclic) bond motifs is 1. The smallest absolute Gasteiger partial charge is 0.347 e. The molecule has 0 saturated carbocycles. The highest BCUT2D eigenvalue weighted by atomic mass is 16.6. The number of hydrogen-bond acceptors (Lipinski definition) is 5. The van der Waals surface area contributed by atoms with E-state index in [0.29, 0.717) is 17.1 Å². The molecule has 1 aliphatic heterocycles. The molecular formula is C22H24N2O5. The number of esters is 1. The summed E-state index contributed by atoms with van der Waals surface area (Å²) >= 11 is 0. The van der Waals surface area contributed by atoms with Crippen LogP contribution in [0.5, 0.6) is 5.75 Å². The fourth-order valence-corrected chi connectivity index (χ4v) is 3.23. The van der Waals surface area contributed by atoms with Crippen LogP contribution >= 0.6 is 0 Å². The Kier molecular flexibility index (Phi) is 6.16. The van der Waals surface area contributed by atoms with Crippen molar-refractivity contribution in [2.24, 2.45) is 0 Å². The number of benzene rings is 2.